The zero-order chi connectivity index (χ0) is 30.7. The van der Waals surface area contributed by atoms with Crippen LogP contribution >= 0.6 is 0 Å². The maximum absolute atomic E-state index is 13.5. The first-order chi connectivity index (χ1) is 21.2. The molecule has 44 heavy (non-hydrogen) atoms. The highest BCUT2D eigenvalue weighted by Crippen LogP contribution is 2.31. The molecule has 5 aromatic rings. The van der Waals surface area contributed by atoms with Crippen molar-refractivity contribution < 1.29 is 9.53 Å². The summed E-state index contributed by atoms with van der Waals surface area (Å²) in [5.41, 5.74) is 5.27. The van der Waals surface area contributed by atoms with E-state index in [1.807, 2.05) is 65.3 Å². The molecule has 0 bridgehead atoms. The number of piperidine rings is 1. The van der Waals surface area contributed by atoms with Crippen LogP contribution in [0.25, 0.3) is 33.5 Å². The molecule has 1 aliphatic rings. The minimum absolute atomic E-state index is 0.118. The quantitative estimate of drug-likeness (QED) is 0.115. The molecule has 9 nitrogen and oxygen atoms in total. The van der Waals surface area contributed by atoms with Gasteiger partial charge in [0.1, 0.15) is 12.4 Å². The van der Waals surface area contributed by atoms with Crippen molar-refractivity contribution >= 4 is 41.7 Å². The number of nitrogens with one attached hydrogen (secondary N) is 3. The van der Waals surface area contributed by atoms with E-state index in [0.717, 1.165) is 58.6 Å². The number of para-hydroxylation sites is 2. The third-order valence-corrected chi connectivity index (χ3v) is 10.2. The molecular formula is C34H43N7O2Si. The lowest BCUT2D eigenvalue weighted by Crippen LogP contribution is -2.47. The average Bonchev–Trinajstić information content (AvgIpc) is 3.60. The number of nitrogens with zero attached hydrogens (tertiary/aromatic N) is 4. The lowest BCUT2D eigenvalue weighted by molar-refractivity contribution is 0.0818. The molecule has 2 amide bonds. The average molecular weight is 610 g/mol. The number of urea groups is 1. The van der Waals surface area contributed by atoms with Crippen molar-refractivity contribution in [2.75, 3.05) is 25.5 Å². The summed E-state index contributed by atoms with van der Waals surface area (Å²) in [6.07, 6.45) is 3.39. The van der Waals surface area contributed by atoms with Crippen molar-refractivity contribution in [2.45, 2.75) is 63.8 Å². The predicted octanol–water partition coefficient (Wildman–Crippen LogP) is 7.24. The fraction of sp³-hybridized carbons (Fsp3) is 0.382. The summed E-state index contributed by atoms with van der Waals surface area (Å²) < 4.78 is 7.96. The molecule has 1 saturated heterocycles. The lowest BCUT2D eigenvalue weighted by Gasteiger charge is -2.38. The van der Waals surface area contributed by atoms with Crippen LogP contribution in [0.4, 0.5) is 10.5 Å². The Labute approximate surface area is 260 Å². The van der Waals surface area contributed by atoms with Gasteiger partial charge in [0.25, 0.3) is 0 Å². The van der Waals surface area contributed by atoms with Crippen molar-refractivity contribution in [1.82, 2.24) is 30.0 Å². The number of hydrogen-bond acceptors (Lipinski definition) is 5. The highest BCUT2D eigenvalue weighted by molar-refractivity contribution is 6.76. The van der Waals surface area contributed by atoms with Gasteiger partial charge in [0, 0.05) is 31.8 Å². The molecule has 10 heteroatoms. The van der Waals surface area contributed by atoms with Gasteiger partial charge in [0.2, 0.25) is 0 Å². The minimum atomic E-state index is -1.21. The molecule has 1 aliphatic heterocycles. The number of amides is 2. The predicted molar refractivity (Wildman–Crippen MR) is 181 cm³/mol. The van der Waals surface area contributed by atoms with Gasteiger partial charge >= 0.3 is 6.03 Å². The van der Waals surface area contributed by atoms with E-state index in [2.05, 4.69) is 59.3 Å². The number of imidazole rings is 1. The lowest BCUT2D eigenvalue weighted by atomic mass is 9.91. The second-order valence-electron chi connectivity index (χ2n) is 13.1. The summed E-state index contributed by atoms with van der Waals surface area (Å²) in [6, 6.07) is 25.1. The second-order valence-corrected chi connectivity index (χ2v) is 18.7. The van der Waals surface area contributed by atoms with Gasteiger partial charge < -0.3 is 25.3 Å². The maximum Gasteiger partial charge on any atom is 0.319 e. The highest BCUT2D eigenvalue weighted by Gasteiger charge is 2.30. The molecule has 6 rings (SSSR count). The van der Waals surface area contributed by atoms with E-state index in [4.69, 9.17) is 14.8 Å². The topological polar surface area (TPSA) is 100 Å². The molecule has 3 heterocycles. The Morgan fingerprint density at radius 1 is 1.07 bits per heavy atom. The normalized spacial score (nSPS) is 16.8. The standard InChI is InChI=1S/C34H43N7O2Si/c1-40-19-11-10-16-30(40)31(24-12-6-5-7-13-24)38-34(42)35-25-17-18-29-26(22-25)32(33-36-27-14-8-9-15-28(27)37-33)39-41(29)23-43-20-21-44(2,3)4/h5-9,12-15,17-18,22,30-31H,10-11,16,19-21,23H2,1-4H3,(H,36,37)(H2,35,38,42)/t30-,31-/m1/s1. The third kappa shape index (κ3) is 6.88. The zero-order valence-electron chi connectivity index (χ0n) is 26.1. The monoisotopic (exact) mass is 609 g/mol. The molecule has 0 unspecified atom stereocenters. The van der Waals surface area contributed by atoms with Gasteiger partial charge in [-0.15, -0.1) is 0 Å². The number of rotatable bonds is 10. The molecule has 3 N–H and O–H groups in total. The van der Waals surface area contributed by atoms with Crippen LogP contribution < -0.4 is 10.6 Å². The number of carbonyl (C=O) groups is 1. The number of aromatic nitrogens is 4. The number of fused-ring (bicyclic) bond motifs is 2. The van der Waals surface area contributed by atoms with E-state index >= 15 is 0 Å². The first kappa shape index (κ1) is 30.1. The Hall–Kier alpha value is -3.99. The molecule has 2 atom stereocenters. The Morgan fingerprint density at radius 2 is 1.86 bits per heavy atom. The van der Waals surface area contributed by atoms with E-state index in [9.17, 15) is 4.79 Å². The molecule has 0 spiro atoms. The first-order valence-electron chi connectivity index (χ1n) is 15.6. The Morgan fingerprint density at radius 3 is 2.64 bits per heavy atom. The molecule has 0 saturated carbocycles. The molecule has 0 aliphatic carbocycles. The van der Waals surface area contributed by atoms with Gasteiger partial charge in [-0.1, -0.05) is 68.5 Å². The Bertz CT molecular complexity index is 1690. The highest BCUT2D eigenvalue weighted by atomic mass is 28.3. The molecule has 230 valence electrons. The second kappa shape index (κ2) is 12.9. The SMILES string of the molecule is CN1CCCC[C@@H]1[C@H](NC(=O)Nc1ccc2c(c1)c(-c1nc3ccccc3[nH]1)nn2COCC[Si](C)(C)C)c1ccccc1. The molecule has 0 radical (unpaired) electrons. The fourth-order valence-electron chi connectivity index (χ4n) is 6.02. The van der Waals surface area contributed by atoms with Gasteiger partial charge in [-0.2, -0.15) is 5.10 Å². The van der Waals surface area contributed by atoms with Crippen LogP contribution in [-0.2, 0) is 11.5 Å². The summed E-state index contributed by atoms with van der Waals surface area (Å²) in [4.78, 5) is 24.1. The van der Waals surface area contributed by atoms with Crippen LogP contribution in [-0.4, -0.2) is 65.0 Å². The number of likely N-dealkylation sites (tertiary alicyclic amines) is 1. The van der Waals surface area contributed by atoms with E-state index in [0.29, 0.717) is 24.8 Å². The van der Waals surface area contributed by atoms with E-state index in [1.165, 1.54) is 6.42 Å². The van der Waals surface area contributed by atoms with Crippen LogP contribution in [0.1, 0.15) is 30.9 Å². The van der Waals surface area contributed by atoms with E-state index < -0.39 is 8.07 Å². The van der Waals surface area contributed by atoms with Crippen molar-refractivity contribution in [3.63, 3.8) is 0 Å². The summed E-state index contributed by atoms with van der Waals surface area (Å²) in [5.74, 6) is 0.683. The van der Waals surface area contributed by atoms with Crippen molar-refractivity contribution in [2.24, 2.45) is 0 Å². The molecule has 2 aromatic heterocycles. The van der Waals surface area contributed by atoms with E-state index in [1.54, 1.807) is 0 Å². The number of benzene rings is 3. The number of carbonyl (C=O) groups excluding carboxylic acids is 1. The summed E-state index contributed by atoms with van der Waals surface area (Å²) in [7, 11) is 0.946. The number of H-pyrrole nitrogens is 1. The summed E-state index contributed by atoms with van der Waals surface area (Å²) in [5, 5.41) is 12.2. The van der Waals surface area contributed by atoms with Crippen molar-refractivity contribution in [3.8, 4) is 11.5 Å². The third-order valence-electron chi connectivity index (χ3n) is 8.49. The van der Waals surface area contributed by atoms with Crippen LogP contribution in [0.3, 0.4) is 0 Å². The molecular weight excluding hydrogens is 567 g/mol. The molecule has 3 aromatic carbocycles. The van der Waals surface area contributed by atoms with Crippen LogP contribution in [0.2, 0.25) is 25.7 Å². The zero-order valence-corrected chi connectivity index (χ0v) is 27.1. The summed E-state index contributed by atoms with van der Waals surface area (Å²) in [6.45, 7) is 9.13. The Balaban J connectivity index is 1.27. The molecule has 1 fully saturated rings. The van der Waals surface area contributed by atoms with Crippen LogP contribution in [0.5, 0.6) is 0 Å². The first-order valence-corrected chi connectivity index (χ1v) is 19.3. The maximum atomic E-state index is 13.5. The van der Waals surface area contributed by atoms with Gasteiger partial charge in [-0.25, -0.2) is 14.5 Å². The minimum Gasteiger partial charge on any atom is -0.360 e. The fourth-order valence-corrected chi connectivity index (χ4v) is 6.77. The number of likely N-dealkylation sites (N-methyl/N-ethyl adjacent to an activating group) is 1. The van der Waals surface area contributed by atoms with E-state index in [-0.39, 0.29) is 18.1 Å². The van der Waals surface area contributed by atoms with Gasteiger partial charge in [-0.05, 0) is 68.4 Å². The van der Waals surface area contributed by atoms with Crippen molar-refractivity contribution in [1.29, 1.82) is 0 Å². The Kier molecular flexibility index (Phi) is 8.83. The van der Waals surface area contributed by atoms with Crippen LogP contribution in [0, 0.1) is 0 Å². The number of hydrogen-bond donors (Lipinski definition) is 3. The van der Waals surface area contributed by atoms with Crippen molar-refractivity contribution in [3.05, 3.63) is 78.4 Å². The van der Waals surface area contributed by atoms with Gasteiger partial charge in [-0.3, -0.25) is 0 Å². The van der Waals surface area contributed by atoms with Crippen LogP contribution in [0.15, 0.2) is 72.8 Å². The number of ether oxygens (including phenoxy) is 1. The van der Waals surface area contributed by atoms with Gasteiger partial charge in [0.15, 0.2) is 5.82 Å². The summed E-state index contributed by atoms with van der Waals surface area (Å²) >= 11 is 0. The smallest absolute Gasteiger partial charge is 0.319 e. The number of aromatic amines is 1. The van der Waals surface area contributed by atoms with Gasteiger partial charge in [0.05, 0.1) is 22.6 Å². The largest absolute Gasteiger partial charge is 0.360 e. The number of anilines is 1.